The summed E-state index contributed by atoms with van der Waals surface area (Å²) in [6, 6.07) is 9.42. The van der Waals surface area contributed by atoms with Gasteiger partial charge in [0.15, 0.2) is 0 Å². The number of likely N-dealkylation sites (tertiary alicyclic amines) is 1. The van der Waals surface area contributed by atoms with Gasteiger partial charge in [0.05, 0.1) is 6.20 Å². The van der Waals surface area contributed by atoms with Crippen LogP contribution in [0.1, 0.15) is 23.4 Å². The fraction of sp³-hybridized carbons (Fsp3) is 0.312. The predicted octanol–water partition coefficient (Wildman–Crippen LogP) is 1.68. The molecule has 2 amide bonds. The summed E-state index contributed by atoms with van der Waals surface area (Å²) in [7, 11) is 0. The molecule has 2 aromatic rings. The second kappa shape index (κ2) is 6.01. The van der Waals surface area contributed by atoms with Crippen molar-refractivity contribution in [2.24, 2.45) is 11.7 Å². The molecular formula is C16H17N3O3. The fourth-order valence-corrected chi connectivity index (χ4v) is 2.61. The molecule has 1 aromatic heterocycles. The van der Waals surface area contributed by atoms with Gasteiger partial charge in [0.25, 0.3) is 5.91 Å². The molecule has 114 valence electrons. The fourth-order valence-electron chi connectivity index (χ4n) is 2.61. The van der Waals surface area contributed by atoms with Gasteiger partial charge in [-0.2, -0.15) is 0 Å². The van der Waals surface area contributed by atoms with Crippen LogP contribution >= 0.6 is 0 Å². The summed E-state index contributed by atoms with van der Waals surface area (Å²) in [6.07, 6.45) is 2.65. The predicted molar refractivity (Wildman–Crippen MR) is 79.8 cm³/mol. The van der Waals surface area contributed by atoms with Gasteiger partial charge in [-0.1, -0.05) is 18.2 Å². The molecule has 3 rings (SSSR count). The largest absolute Gasteiger partial charge is 0.431 e. The minimum atomic E-state index is -0.293. The molecule has 6 nitrogen and oxygen atoms in total. The average molecular weight is 299 g/mol. The third-order valence-electron chi connectivity index (χ3n) is 3.92. The molecule has 1 aliphatic rings. The van der Waals surface area contributed by atoms with E-state index in [1.807, 2.05) is 30.3 Å². The van der Waals surface area contributed by atoms with Gasteiger partial charge >= 0.3 is 0 Å². The minimum Gasteiger partial charge on any atom is -0.431 e. The first-order valence-electron chi connectivity index (χ1n) is 7.25. The Morgan fingerprint density at radius 2 is 1.86 bits per heavy atom. The van der Waals surface area contributed by atoms with E-state index in [0.29, 0.717) is 31.8 Å². The standard InChI is InChI=1S/C16H17N3O3/c17-14(20)11-6-8-19(9-7-11)16(21)13-10-18-15(22-13)12-4-2-1-3-5-12/h1-5,10-11H,6-9H2,(H2,17,20). The van der Waals surface area contributed by atoms with Crippen molar-refractivity contribution in [3.8, 4) is 11.5 Å². The van der Waals surface area contributed by atoms with E-state index in [1.165, 1.54) is 6.20 Å². The van der Waals surface area contributed by atoms with Crippen molar-refractivity contribution in [2.45, 2.75) is 12.8 Å². The summed E-state index contributed by atoms with van der Waals surface area (Å²) in [5, 5.41) is 0. The number of hydrogen-bond donors (Lipinski definition) is 1. The highest BCUT2D eigenvalue weighted by Crippen LogP contribution is 2.22. The molecule has 0 bridgehead atoms. The van der Waals surface area contributed by atoms with Crippen LogP contribution in [0.5, 0.6) is 0 Å². The van der Waals surface area contributed by atoms with E-state index in [0.717, 1.165) is 5.56 Å². The smallest absolute Gasteiger partial charge is 0.291 e. The zero-order chi connectivity index (χ0) is 15.5. The van der Waals surface area contributed by atoms with Crippen LogP contribution in [0.25, 0.3) is 11.5 Å². The molecule has 1 fully saturated rings. The Morgan fingerprint density at radius 1 is 1.18 bits per heavy atom. The third-order valence-corrected chi connectivity index (χ3v) is 3.92. The van der Waals surface area contributed by atoms with E-state index in [-0.39, 0.29) is 23.5 Å². The summed E-state index contributed by atoms with van der Waals surface area (Å²) in [4.78, 5) is 29.4. The number of nitrogens with zero attached hydrogens (tertiary/aromatic N) is 2. The molecular weight excluding hydrogens is 282 g/mol. The second-order valence-corrected chi connectivity index (χ2v) is 5.36. The van der Waals surface area contributed by atoms with E-state index in [1.54, 1.807) is 4.90 Å². The molecule has 0 saturated carbocycles. The molecule has 2 heterocycles. The van der Waals surface area contributed by atoms with Gasteiger partial charge < -0.3 is 15.1 Å². The SMILES string of the molecule is NC(=O)C1CCN(C(=O)c2cnc(-c3ccccc3)o2)CC1. The molecule has 1 aliphatic heterocycles. The van der Waals surface area contributed by atoms with Crippen molar-refractivity contribution in [3.63, 3.8) is 0 Å². The number of primary amides is 1. The molecule has 2 N–H and O–H groups in total. The Kier molecular flexibility index (Phi) is 3.91. The Bertz CT molecular complexity index is 673. The quantitative estimate of drug-likeness (QED) is 0.933. The highest BCUT2D eigenvalue weighted by Gasteiger charge is 2.28. The van der Waals surface area contributed by atoms with Crippen molar-refractivity contribution in [1.29, 1.82) is 0 Å². The highest BCUT2D eigenvalue weighted by molar-refractivity contribution is 5.91. The van der Waals surface area contributed by atoms with Crippen LogP contribution in [0.15, 0.2) is 40.9 Å². The van der Waals surface area contributed by atoms with Crippen LogP contribution in [0.2, 0.25) is 0 Å². The molecule has 22 heavy (non-hydrogen) atoms. The average Bonchev–Trinajstić information content (AvgIpc) is 3.05. The Morgan fingerprint density at radius 3 is 2.50 bits per heavy atom. The van der Waals surface area contributed by atoms with Gasteiger partial charge in [0.2, 0.25) is 17.6 Å². The summed E-state index contributed by atoms with van der Waals surface area (Å²) in [5.41, 5.74) is 6.12. The molecule has 1 aromatic carbocycles. The normalized spacial score (nSPS) is 15.7. The number of rotatable bonds is 3. The van der Waals surface area contributed by atoms with E-state index < -0.39 is 0 Å². The van der Waals surface area contributed by atoms with Gasteiger partial charge in [-0.05, 0) is 25.0 Å². The molecule has 1 saturated heterocycles. The lowest BCUT2D eigenvalue weighted by atomic mass is 9.96. The zero-order valence-corrected chi connectivity index (χ0v) is 12.1. The van der Waals surface area contributed by atoms with E-state index in [9.17, 15) is 9.59 Å². The third kappa shape index (κ3) is 2.86. The second-order valence-electron chi connectivity index (χ2n) is 5.36. The van der Waals surface area contributed by atoms with Crippen LogP contribution in [-0.2, 0) is 4.79 Å². The number of nitrogens with two attached hydrogens (primary N) is 1. The van der Waals surface area contributed by atoms with Crippen molar-refractivity contribution < 1.29 is 14.0 Å². The Labute approximate surface area is 127 Å². The van der Waals surface area contributed by atoms with Crippen molar-refractivity contribution >= 4 is 11.8 Å². The highest BCUT2D eigenvalue weighted by atomic mass is 16.4. The Balaban J connectivity index is 1.69. The number of aromatic nitrogens is 1. The number of carbonyl (C=O) groups is 2. The number of amides is 2. The molecule has 0 spiro atoms. The van der Waals surface area contributed by atoms with Crippen LogP contribution in [0, 0.1) is 5.92 Å². The molecule has 0 radical (unpaired) electrons. The van der Waals surface area contributed by atoms with Gasteiger partial charge in [-0.25, -0.2) is 4.98 Å². The monoisotopic (exact) mass is 299 g/mol. The summed E-state index contributed by atoms with van der Waals surface area (Å²) >= 11 is 0. The number of piperidine rings is 1. The van der Waals surface area contributed by atoms with E-state index in [2.05, 4.69) is 4.98 Å². The lowest BCUT2D eigenvalue weighted by Crippen LogP contribution is -2.41. The van der Waals surface area contributed by atoms with Crippen molar-refractivity contribution in [2.75, 3.05) is 13.1 Å². The zero-order valence-electron chi connectivity index (χ0n) is 12.1. The summed E-state index contributed by atoms with van der Waals surface area (Å²) < 4.78 is 5.57. The van der Waals surface area contributed by atoms with Gasteiger partial charge in [0, 0.05) is 24.6 Å². The van der Waals surface area contributed by atoms with Gasteiger partial charge in [-0.15, -0.1) is 0 Å². The molecule has 0 aliphatic carbocycles. The lowest BCUT2D eigenvalue weighted by molar-refractivity contribution is -0.123. The van der Waals surface area contributed by atoms with Crippen LogP contribution in [0.4, 0.5) is 0 Å². The summed E-state index contributed by atoms with van der Waals surface area (Å²) in [5.74, 6) is 0.0155. The number of oxazole rings is 1. The van der Waals surface area contributed by atoms with E-state index in [4.69, 9.17) is 10.2 Å². The maximum absolute atomic E-state index is 12.4. The van der Waals surface area contributed by atoms with Crippen LogP contribution in [-0.4, -0.2) is 34.8 Å². The minimum absolute atomic E-state index is 0.140. The van der Waals surface area contributed by atoms with Gasteiger partial charge in [0.1, 0.15) is 0 Å². The molecule has 0 atom stereocenters. The van der Waals surface area contributed by atoms with Crippen molar-refractivity contribution in [3.05, 3.63) is 42.3 Å². The maximum atomic E-state index is 12.4. The molecule has 0 unspecified atom stereocenters. The topological polar surface area (TPSA) is 89.4 Å². The number of benzene rings is 1. The first-order valence-corrected chi connectivity index (χ1v) is 7.25. The van der Waals surface area contributed by atoms with Gasteiger partial charge in [-0.3, -0.25) is 9.59 Å². The van der Waals surface area contributed by atoms with E-state index >= 15 is 0 Å². The summed E-state index contributed by atoms with van der Waals surface area (Å²) in [6.45, 7) is 1.02. The first-order chi connectivity index (χ1) is 10.6. The van der Waals surface area contributed by atoms with Crippen molar-refractivity contribution in [1.82, 2.24) is 9.88 Å². The van der Waals surface area contributed by atoms with Crippen LogP contribution in [0.3, 0.4) is 0 Å². The first kappa shape index (κ1) is 14.3. The lowest BCUT2D eigenvalue weighted by Gasteiger charge is -2.29. The number of hydrogen-bond acceptors (Lipinski definition) is 4. The Hall–Kier alpha value is -2.63. The molecule has 6 heteroatoms. The van der Waals surface area contributed by atoms with Crippen LogP contribution < -0.4 is 5.73 Å². The number of carbonyl (C=O) groups excluding carboxylic acids is 2. The maximum Gasteiger partial charge on any atom is 0.291 e.